The topological polar surface area (TPSA) is 58.3 Å². The van der Waals surface area contributed by atoms with Gasteiger partial charge in [-0.1, -0.05) is 13.3 Å². The molecule has 108 valence electrons. The zero-order valence-corrected chi connectivity index (χ0v) is 10.8. The minimum absolute atomic E-state index is 0.0260. The second-order valence-electron chi connectivity index (χ2n) is 4.47. The van der Waals surface area contributed by atoms with Crippen LogP contribution in [0.25, 0.3) is 0 Å². The first-order valence-electron chi connectivity index (χ1n) is 6.20. The molecule has 3 nitrogen and oxygen atoms in total. The molecule has 1 unspecified atom stereocenters. The number of aliphatic hydroxyl groups is 1. The van der Waals surface area contributed by atoms with Crippen molar-refractivity contribution >= 4 is 11.4 Å². The van der Waals surface area contributed by atoms with E-state index in [2.05, 4.69) is 5.32 Å². The van der Waals surface area contributed by atoms with Gasteiger partial charge in [0, 0.05) is 24.5 Å². The summed E-state index contributed by atoms with van der Waals surface area (Å²) in [5.41, 5.74) is 4.74. The molecule has 1 atom stereocenters. The summed E-state index contributed by atoms with van der Waals surface area (Å²) in [7, 11) is 0. The fraction of sp³-hybridized carbons (Fsp3) is 0.538. The maximum absolute atomic E-state index is 12.8. The molecule has 0 radical (unpaired) electrons. The molecular formula is C13H19F3N2O. The smallest absolute Gasteiger partial charge is 0.399 e. The molecule has 6 heteroatoms. The largest absolute Gasteiger partial charge is 0.418 e. The van der Waals surface area contributed by atoms with Crippen LogP contribution in [-0.4, -0.2) is 18.3 Å². The van der Waals surface area contributed by atoms with Crippen LogP contribution in [0.1, 0.15) is 25.3 Å². The molecule has 4 N–H and O–H groups in total. The van der Waals surface area contributed by atoms with E-state index in [1.165, 1.54) is 12.1 Å². The number of alkyl halides is 3. The fourth-order valence-corrected chi connectivity index (χ4v) is 1.84. The van der Waals surface area contributed by atoms with Gasteiger partial charge in [0.05, 0.1) is 5.56 Å². The van der Waals surface area contributed by atoms with Crippen LogP contribution in [0.15, 0.2) is 18.2 Å². The van der Waals surface area contributed by atoms with Crippen molar-refractivity contribution < 1.29 is 18.3 Å². The van der Waals surface area contributed by atoms with Crippen molar-refractivity contribution in [3.8, 4) is 0 Å². The Kier molecular flexibility index (Phi) is 5.47. The monoisotopic (exact) mass is 276 g/mol. The van der Waals surface area contributed by atoms with Crippen molar-refractivity contribution in [3.63, 3.8) is 0 Å². The minimum atomic E-state index is -4.43. The summed E-state index contributed by atoms with van der Waals surface area (Å²) in [4.78, 5) is 0. The highest BCUT2D eigenvalue weighted by Crippen LogP contribution is 2.36. The number of hydrogen-bond acceptors (Lipinski definition) is 3. The van der Waals surface area contributed by atoms with Crippen LogP contribution in [-0.2, 0) is 6.18 Å². The molecule has 0 heterocycles. The molecule has 1 aromatic carbocycles. The average Bonchev–Trinajstić information content (AvgIpc) is 2.34. The van der Waals surface area contributed by atoms with Crippen molar-refractivity contribution in [2.75, 3.05) is 24.2 Å². The first-order chi connectivity index (χ1) is 8.88. The zero-order chi connectivity index (χ0) is 14.5. The third kappa shape index (κ3) is 4.63. The summed E-state index contributed by atoms with van der Waals surface area (Å²) < 4.78 is 38.5. The molecule has 1 rings (SSSR count). The fourth-order valence-electron chi connectivity index (χ4n) is 1.84. The van der Waals surface area contributed by atoms with E-state index in [1.54, 1.807) is 0 Å². The maximum atomic E-state index is 12.8. The molecule has 0 amide bonds. The summed E-state index contributed by atoms with van der Waals surface area (Å²) in [6.45, 7) is 2.37. The number of halogens is 3. The van der Waals surface area contributed by atoms with Gasteiger partial charge in [-0.3, -0.25) is 0 Å². The Morgan fingerprint density at radius 3 is 2.58 bits per heavy atom. The van der Waals surface area contributed by atoms with Crippen LogP contribution in [0.5, 0.6) is 0 Å². The van der Waals surface area contributed by atoms with E-state index in [4.69, 9.17) is 10.8 Å². The number of nitrogens with one attached hydrogen (secondary N) is 1. The van der Waals surface area contributed by atoms with Gasteiger partial charge in [-0.25, -0.2) is 0 Å². The highest BCUT2D eigenvalue weighted by Gasteiger charge is 2.33. The number of rotatable bonds is 6. The van der Waals surface area contributed by atoms with Gasteiger partial charge in [0.1, 0.15) is 0 Å². The van der Waals surface area contributed by atoms with Gasteiger partial charge in [-0.05, 0) is 30.5 Å². The molecule has 0 aliphatic rings. The Bertz CT molecular complexity index is 407. The van der Waals surface area contributed by atoms with Gasteiger partial charge in [0.2, 0.25) is 0 Å². The van der Waals surface area contributed by atoms with Crippen LogP contribution in [0.2, 0.25) is 0 Å². The first kappa shape index (κ1) is 15.6. The standard InChI is InChI=1S/C13H19F3N2O/c1-2-9(5-6-19)8-18-12-4-3-10(17)7-11(12)13(14,15)16/h3-4,7,9,18-19H,2,5-6,8,17H2,1H3. The number of benzene rings is 1. The Hall–Kier alpha value is -1.43. The summed E-state index contributed by atoms with van der Waals surface area (Å²) in [6, 6.07) is 3.70. The van der Waals surface area contributed by atoms with E-state index in [0.29, 0.717) is 13.0 Å². The van der Waals surface area contributed by atoms with Crippen LogP contribution in [0.4, 0.5) is 24.5 Å². The third-order valence-corrected chi connectivity index (χ3v) is 3.04. The van der Waals surface area contributed by atoms with Crippen molar-refractivity contribution in [3.05, 3.63) is 23.8 Å². The lowest BCUT2D eigenvalue weighted by Crippen LogP contribution is -2.18. The summed E-state index contributed by atoms with van der Waals surface area (Å²) in [5, 5.41) is 11.7. The summed E-state index contributed by atoms with van der Waals surface area (Å²) >= 11 is 0. The number of anilines is 2. The minimum Gasteiger partial charge on any atom is -0.399 e. The Morgan fingerprint density at radius 2 is 2.05 bits per heavy atom. The van der Waals surface area contributed by atoms with Crippen LogP contribution in [0, 0.1) is 5.92 Å². The Balaban J connectivity index is 2.83. The second-order valence-corrected chi connectivity index (χ2v) is 4.47. The maximum Gasteiger partial charge on any atom is 0.418 e. The normalized spacial score (nSPS) is 13.3. The predicted octanol–water partition coefficient (Wildman–Crippen LogP) is 3.11. The van der Waals surface area contributed by atoms with Crippen LogP contribution >= 0.6 is 0 Å². The van der Waals surface area contributed by atoms with Gasteiger partial charge < -0.3 is 16.2 Å². The number of aliphatic hydroxyl groups excluding tert-OH is 1. The molecule has 0 aliphatic carbocycles. The molecule has 0 aromatic heterocycles. The molecule has 0 bridgehead atoms. The Morgan fingerprint density at radius 1 is 1.37 bits per heavy atom. The number of hydrogen-bond donors (Lipinski definition) is 3. The summed E-state index contributed by atoms with van der Waals surface area (Å²) in [6.07, 6.45) is -3.07. The highest BCUT2D eigenvalue weighted by atomic mass is 19.4. The van der Waals surface area contributed by atoms with Crippen molar-refractivity contribution in [2.24, 2.45) is 5.92 Å². The SMILES string of the molecule is CCC(CCO)CNc1ccc(N)cc1C(F)(F)F. The first-order valence-corrected chi connectivity index (χ1v) is 6.20. The average molecular weight is 276 g/mol. The number of nitrogen functional groups attached to an aromatic ring is 1. The molecule has 0 spiro atoms. The quantitative estimate of drug-likeness (QED) is 0.700. The summed E-state index contributed by atoms with van der Waals surface area (Å²) in [5.74, 6) is 0.142. The lowest BCUT2D eigenvalue weighted by atomic mass is 10.0. The zero-order valence-electron chi connectivity index (χ0n) is 10.8. The lowest BCUT2D eigenvalue weighted by molar-refractivity contribution is -0.136. The van der Waals surface area contributed by atoms with Crippen molar-refractivity contribution in [1.29, 1.82) is 0 Å². The van der Waals surface area contributed by atoms with Crippen molar-refractivity contribution in [1.82, 2.24) is 0 Å². The Labute approximate surface area is 110 Å². The molecule has 0 aliphatic heterocycles. The second kappa shape index (κ2) is 6.65. The molecule has 0 fully saturated rings. The van der Waals surface area contributed by atoms with E-state index < -0.39 is 11.7 Å². The van der Waals surface area contributed by atoms with Gasteiger partial charge in [0.25, 0.3) is 0 Å². The lowest BCUT2D eigenvalue weighted by Gasteiger charge is -2.19. The van der Waals surface area contributed by atoms with Gasteiger partial charge in [0.15, 0.2) is 0 Å². The van der Waals surface area contributed by atoms with E-state index >= 15 is 0 Å². The van der Waals surface area contributed by atoms with Crippen molar-refractivity contribution in [2.45, 2.75) is 25.9 Å². The van der Waals surface area contributed by atoms with Gasteiger partial charge in [-0.2, -0.15) is 13.2 Å². The van der Waals surface area contributed by atoms with E-state index in [9.17, 15) is 13.2 Å². The molecular weight excluding hydrogens is 257 g/mol. The predicted molar refractivity (Wildman–Crippen MR) is 69.8 cm³/mol. The van der Waals surface area contributed by atoms with E-state index in [1.807, 2.05) is 6.92 Å². The number of nitrogens with two attached hydrogens (primary N) is 1. The molecule has 19 heavy (non-hydrogen) atoms. The molecule has 1 aromatic rings. The van der Waals surface area contributed by atoms with Crippen LogP contribution in [0.3, 0.4) is 0 Å². The van der Waals surface area contributed by atoms with Gasteiger partial charge in [-0.15, -0.1) is 0 Å². The van der Waals surface area contributed by atoms with Crippen LogP contribution < -0.4 is 11.1 Å². The van der Waals surface area contributed by atoms with E-state index in [-0.39, 0.29) is 23.9 Å². The molecule has 0 saturated carbocycles. The van der Waals surface area contributed by atoms with Gasteiger partial charge >= 0.3 is 6.18 Å². The van der Waals surface area contributed by atoms with E-state index in [0.717, 1.165) is 12.5 Å². The highest BCUT2D eigenvalue weighted by molar-refractivity contribution is 5.59. The molecule has 0 saturated heterocycles. The third-order valence-electron chi connectivity index (χ3n) is 3.04.